The first-order valence-corrected chi connectivity index (χ1v) is 8.05. The lowest BCUT2D eigenvalue weighted by Gasteiger charge is -2.46. The van der Waals surface area contributed by atoms with Crippen LogP contribution in [0.2, 0.25) is 0 Å². The molecule has 1 fully saturated rings. The third-order valence-electron chi connectivity index (χ3n) is 5.11. The molecule has 0 saturated heterocycles. The molecule has 1 atom stereocenters. The van der Waals surface area contributed by atoms with Gasteiger partial charge in [0.15, 0.2) is 0 Å². The van der Waals surface area contributed by atoms with Gasteiger partial charge in [-0.25, -0.2) is 0 Å². The Balaban J connectivity index is 2.20. The number of ketones is 1. The summed E-state index contributed by atoms with van der Waals surface area (Å²) in [5.74, 6) is 1.29. The molecule has 2 nitrogen and oxygen atoms in total. The summed E-state index contributed by atoms with van der Waals surface area (Å²) in [4.78, 5) is 12.0. The number of rotatable bonds is 4. The first-order chi connectivity index (χ1) is 9.74. The molecule has 0 aliphatic heterocycles. The van der Waals surface area contributed by atoms with Crippen LogP contribution >= 0.6 is 0 Å². The molecule has 0 bridgehead atoms. The molecule has 2 heteroatoms. The number of Topliss-reactive ketones (excluding diaryl/α,β-unsaturated/α-hetero) is 1. The highest BCUT2D eigenvalue weighted by molar-refractivity contribution is 5.92. The predicted molar refractivity (Wildman–Crippen MR) is 86.9 cm³/mol. The van der Waals surface area contributed by atoms with Crippen molar-refractivity contribution in [3.8, 4) is 5.75 Å². The highest BCUT2D eigenvalue weighted by Gasteiger charge is 2.53. The second kappa shape index (κ2) is 5.47. The number of carbonyl (C=O) groups is 1. The average molecular weight is 288 g/mol. The molecule has 1 aliphatic carbocycles. The Morgan fingerprint density at radius 3 is 2.29 bits per heavy atom. The van der Waals surface area contributed by atoms with Crippen LogP contribution in [0, 0.1) is 12.3 Å². The van der Waals surface area contributed by atoms with Crippen molar-refractivity contribution in [2.45, 2.75) is 72.3 Å². The third kappa shape index (κ3) is 2.73. The first-order valence-electron chi connectivity index (χ1n) is 8.05. The smallest absolute Gasteiger partial charge is 0.146 e. The average Bonchev–Trinajstić information content (AvgIpc) is 2.40. The molecule has 0 aromatic heterocycles. The Hall–Kier alpha value is -1.31. The van der Waals surface area contributed by atoms with Crippen molar-refractivity contribution in [1.82, 2.24) is 0 Å². The van der Waals surface area contributed by atoms with Crippen LogP contribution in [0.3, 0.4) is 0 Å². The van der Waals surface area contributed by atoms with E-state index in [9.17, 15) is 4.79 Å². The third-order valence-corrected chi connectivity index (χ3v) is 5.11. The molecule has 1 aromatic carbocycles. The van der Waals surface area contributed by atoms with Crippen LogP contribution in [0.4, 0.5) is 0 Å². The molecule has 1 aromatic rings. The van der Waals surface area contributed by atoms with E-state index >= 15 is 0 Å². The molecule has 1 aliphatic rings. The van der Waals surface area contributed by atoms with Crippen LogP contribution in [0.5, 0.6) is 5.75 Å². The summed E-state index contributed by atoms with van der Waals surface area (Å²) in [5.41, 5.74) is 2.36. The number of benzene rings is 1. The fourth-order valence-electron chi connectivity index (χ4n) is 3.27. The van der Waals surface area contributed by atoms with E-state index in [1.54, 1.807) is 0 Å². The molecule has 0 heterocycles. The summed E-state index contributed by atoms with van der Waals surface area (Å²) in [6, 6.07) is 6.41. The van der Waals surface area contributed by atoms with Gasteiger partial charge in [-0.05, 0) is 42.4 Å². The zero-order chi connectivity index (χ0) is 15.8. The molecular formula is C19H28O2. The number of hydrogen-bond donors (Lipinski definition) is 0. The summed E-state index contributed by atoms with van der Waals surface area (Å²) < 4.78 is 6.20. The van der Waals surface area contributed by atoms with Crippen molar-refractivity contribution in [3.05, 3.63) is 29.3 Å². The fourth-order valence-corrected chi connectivity index (χ4v) is 3.27. The predicted octanol–water partition coefficient (Wildman–Crippen LogP) is 4.82. The van der Waals surface area contributed by atoms with Gasteiger partial charge in [0.1, 0.15) is 17.6 Å². The van der Waals surface area contributed by atoms with Gasteiger partial charge in [-0.15, -0.1) is 0 Å². The maximum Gasteiger partial charge on any atom is 0.146 e. The Bertz CT molecular complexity index is 533. The number of hydrogen-bond acceptors (Lipinski definition) is 2. The van der Waals surface area contributed by atoms with Crippen molar-refractivity contribution < 1.29 is 9.53 Å². The number of ether oxygens (including phenoxy) is 1. The van der Waals surface area contributed by atoms with Gasteiger partial charge in [-0.1, -0.05) is 46.8 Å². The van der Waals surface area contributed by atoms with Gasteiger partial charge in [0, 0.05) is 6.42 Å². The minimum Gasteiger partial charge on any atom is -0.489 e. The van der Waals surface area contributed by atoms with Gasteiger partial charge < -0.3 is 4.74 Å². The van der Waals surface area contributed by atoms with E-state index in [2.05, 4.69) is 59.7 Å². The molecule has 1 unspecified atom stereocenters. The topological polar surface area (TPSA) is 26.3 Å². The second-order valence-corrected chi connectivity index (χ2v) is 7.33. The molecule has 21 heavy (non-hydrogen) atoms. The number of carbonyl (C=O) groups excluding carboxylic acids is 1. The molecule has 0 radical (unpaired) electrons. The van der Waals surface area contributed by atoms with Gasteiger partial charge in [0.05, 0.1) is 5.41 Å². The zero-order valence-electron chi connectivity index (χ0n) is 14.2. The van der Waals surface area contributed by atoms with Crippen molar-refractivity contribution >= 4 is 5.78 Å². The van der Waals surface area contributed by atoms with E-state index in [1.807, 2.05) is 0 Å². The van der Waals surface area contributed by atoms with E-state index in [-0.39, 0.29) is 16.9 Å². The fraction of sp³-hybridized carbons (Fsp3) is 0.632. The maximum atomic E-state index is 12.0. The number of aryl methyl sites for hydroxylation is 1. The van der Waals surface area contributed by atoms with Crippen LogP contribution in [0.1, 0.15) is 65.0 Å². The summed E-state index contributed by atoms with van der Waals surface area (Å²) >= 11 is 0. The lowest BCUT2D eigenvalue weighted by atomic mass is 9.61. The zero-order valence-corrected chi connectivity index (χ0v) is 14.2. The molecular weight excluding hydrogens is 260 g/mol. The molecule has 2 rings (SSSR count). The van der Waals surface area contributed by atoms with Gasteiger partial charge in [-0.3, -0.25) is 4.79 Å². The maximum absolute atomic E-state index is 12.0. The first kappa shape index (κ1) is 16.1. The van der Waals surface area contributed by atoms with Crippen molar-refractivity contribution in [2.24, 2.45) is 5.41 Å². The van der Waals surface area contributed by atoms with E-state index in [0.29, 0.717) is 12.2 Å². The van der Waals surface area contributed by atoms with E-state index < -0.39 is 0 Å². The minimum atomic E-state index is -0.255. The van der Waals surface area contributed by atoms with Crippen LogP contribution in [-0.2, 0) is 10.2 Å². The molecule has 1 saturated carbocycles. The Kier molecular flexibility index (Phi) is 4.19. The highest BCUT2D eigenvalue weighted by atomic mass is 16.5. The summed E-state index contributed by atoms with van der Waals surface area (Å²) in [5, 5.41) is 0. The van der Waals surface area contributed by atoms with Crippen molar-refractivity contribution in [3.63, 3.8) is 0 Å². The molecule has 0 N–H and O–H groups in total. The lowest BCUT2D eigenvalue weighted by molar-refractivity contribution is -0.153. The van der Waals surface area contributed by atoms with Crippen LogP contribution in [-0.4, -0.2) is 11.9 Å². The Morgan fingerprint density at radius 2 is 1.86 bits per heavy atom. The van der Waals surface area contributed by atoms with Crippen molar-refractivity contribution in [2.75, 3.05) is 0 Å². The van der Waals surface area contributed by atoms with Crippen LogP contribution < -0.4 is 4.74 Å². The lowest BCUT2D eigenvalue weighted by Crippen LogP contribution is -2.56. The quantitative estimate of drug-likeness (QED) is 0.794. The Morgan fingerprint density at radius 1 is 1.24 bits per heavy atom. The summed E-state index contributed by atoms with van der Waals surface area (Å²) in [6.07, 6.45) is 2.33. The van der Waals surface area contributed by atoms with Gasteiger partial charge in [-0.2, -0.15) is 0 Å². The second-order valence-electron chi connectivity index (χ2n) is 7.33. The minimum absolute atomic E-state index is 0.0409. The SMILES string of the molecule is CCC1(CC)C(=O)CC1Oc1ccc(C(C)(C)C)cc1C. The Labute approximate surface area is 128 Å². The van der Waals surface area contributed by atoms with E-state index in [1.165, 1.54) is 5.56 Å². The van der Waals surface area contributed by atoms with Gasteiger partial charge in [0.2, 0.25) is 0 Å². The molecule has 0 spiro atoms. The van der Waals surface area contributed by atoms with Crippen LogP contribution in [0.15, 0.2) is 18.2 Å². The highest BCUT2D eigenvalue weighted by Crippen LogP contribution is 2.46. The summed E-state index contributed by atoms with van der Waals surface area (Å²) in [7, 11) is 0. The van der Waals surface area contributed by atoms with Gasteiger partial charge in [0.25, 0.3) is 0 Å². The van der Waals surface area contributed by atoms with E-state index in [4.69, 9.17) is 4.74 Å². The van der Waals surface area contributed by atoms with Crippen molar-refractivity contribution in [1.29, 1.82) is 0 Å². The normalized spacial score (nSPS) is 21.0. The standard InChI is InChI=1S/C19H28O2/c1-7-19(8-2)16(20)12-17(19)21-15-10-9-14(11-13(15)3)18(4,5)6/h9-11,17H,7-8,12H2,1-6H3. The largest absolute Gasteiger partial charge is 0.489 e. The molecule has 116 valence electrons. The van der Waals surface area contributed by atoms with Crippen LogP contribution in [0.25, 0.3) is 0 Å². The monoisotopic (exact) mass is 288 g/mol. The van der Waals surface area contributed by atoms with E-state index in [0.717, 1.165) is 24.2 Å². The van der Waals surface area contributed by atoms with Gasteiger partial charge >= 0.3 is 0 Å². The molecule has 0 amide bonds. The summed E-state index contributed by atoms with van der Waals surface area (Å²) in [6.45, 7) is 12.9.